The summed E-state index contributed by atoms with van der Waals surface area (Å²) in [7, 11) is 0. The minimum Gasteiger partial charge on any atom is -0.330 e. The van der Waals surface area contributed by atoms with Gasteiger partial charge >= 0.3 is 0 Å². The van der Waals surface area contributed by atoms with Gasteiger partial charge in [-0.2, -0.15) is 0 Å². The van der Waals surface area contributed by atoms with Crippen LogP contribution in [0.5, 0.6) is 0 Å². The van der Waals surface area contributed by atoms with Gasteiger partial charge in [0.25, 0.3) is 0 Å². The maximum atomic E-state index is 6.26. The maximum Gasteiger partial charge on any atom is 0.0441 e. The average Bonchev–Trinajstić information content (AvgIpc) is 2.42. The van der Waals surface area contributed by atoms with Gasteiger partial charge in [0.1, 0.15) is 0 Å². The Morgan fingerprint density at radius 3 is 2.56 bits per heavy atom. The Bertz CT molecular complexity index is 358. The highest BCUT2D eigenvalue weighted by Crippen LogP contribution is 2.32. The highest BCUT2D eigenvalue weighted by molar-refractivity contribution is 6.31. The van der Waals surface area contributed by atoms with Gasteiger partial charge in [-0.3, -0.25) is 0 Å². The Labute approximate surface area is 116 Å². The number of halogens is 1. The van der Waals surface area contributed by atoms with Gasteiger partial charge in [-0.15, -0.1) is 0 Å². The zero-order valence-electron chi connectivity index (χ0n) is 11.1. The van der Waals surface area contributed by atoms with Crippen molar-refractivity contribution in [1.82, 2.24) is 0 Å². The van der Waals surface area contributed by atoms with Gasteiger partial charge in [-0.05, 0) is 42.9 Å². The molecule has 1 aliphatic carbocycles. The molecule has 1 nitrogen and oxygen atoms in total. The van der Waals surface area contributed by atoms with E-state index in [9.17, 15) is 0 Å². The quantitative estimate of drug-likeness (QED) is 0.817. The summed E-state index contributed by atoms with van der Waals surface area (Å²) in [5, 5.41) is 0.872. The number of hydrogen-bond acceptors (Lipinski definition) is 1. The van der Waals surface area contributed by atoms with Crippen LogP contribution in [-0.2, 0) is 0 Å². The summed E-state index contributed by atoms with van der Waals surface area (Å²) in [5.41, 5.74) is 7.16. The van der Waals surface area contributed by atoms with Crippen molar-refractivity contribution in [3.63, 3.8) is 0 Å². The summed E-state index contributed by atoms with van der Waals surface area (Å²) in [6, 6.07) is 8.14. The summed E-state index contributed by atoms with van der Waals surface area (Å²) in [4.78, 5) is 0. The number of rotatable bonds is 5. The van der Waals surface area contributed by atoms with Gasteiger partial charge in [0.2, 0.25) is 0 Å². The molecule has 1 aliphatic rings. The van der Waals surface area contributed by atoms with E-state index in [-0.39, 0.29) is 0 Å². The lowest BCUT2D eigenvalue weighted by atomic mass is 9.83. The summed E-state index contributed by atoms with van der Waals surface area (Å²) >= 11 is 6.26. The molecule has 1 fully saturated rings. The zero-order valence-corrected chi connectivity index (χ0v) is 11.8. The van der Waals surface area contributed by atoms with E-state index in [0.29, 0.717) is 12.5 Å². The smallest absolute Gasteiger partial charge is 0.0441 e. The van der Waals surface area contributed by atoms with E-state index in [1.165, 1.54) is 50.5 Å². The van der Waals surface area contributed by atoms with Gasteiger partial charge in [0.05, 0.1) is 0 Å². The normalized spacial score (nSPS) is 18.8. The second kappa shape index (κ2) is 7.16. The largest absolute Gasteiger partial charge is 0.330 e. The first-order chi connectivity index (χ1) is 8.81. The summed E-state index contributed by atoms with van der Waals surface area (Å²) in [6.07, 6.45) is 9.60. The van der Waals surface area contributed by atoms with Crippen LogP contribution >= 0.6 is 11.6 Å². The minimum atomic E-state index is 0.431. The molecule has 2 heteroatoms. The first-order valence-corrected chi connectivity index (χ1v) is 7.63. The lowest BCUT2D eigenvalue weighted by Crippen LogP contribution is -2.15. The van der Waals surface area contributed by atoms with Crippen molar-refractivity contribution >= 4 is 11.6 Å². The number of hydrogen-bond donors (Lipinski definition) is 1. The van der Waals surface area contributed by atoms with Gasteiger partial charge < -0.3 is 5.73 Å². The van der Waals surface area contributed by atoms with E-state index < -0.39 is 0 Å². The van der Waals surface area contributed by atoms with Crippen LogP contribution in [0, 0.1) is 5.92 Å². The maximum absolute atomic E-state index is 6.26. The molecule has 0 aromatic heterocycles. The molecule has 0 spiro atoms. The van der Waals surface area contributed by atoms with Gasteiger partial charge in [0, 0.05) is 5.02 Å². The molecular weight excluding hydrogens is 242 g/mol. The fraction of sp³-hybridized carbons (Fsp3) is 0.625. The molecule has 2 N–H and O–H groups in total. The molecule has 0 aliphatic heterocycles. The van der Waals surface area contributed by atoms with Gasteiger partial charge in [-0.25, -0.2) is 0 Å². The van der Waals surface area contributed by atoms with Crippen molar-refractivity contribution in [2.24, 2.45) is 11.7 Å². The van der Waals surface area contributed by atoms with Crippen LogP contribution in [0.2, 0.25) is 5.02 Å². The third-order valence-electron chi connectivity index (χ3n) is 4.28. The van der Waals surface area contributed by atoms with Crippen LogP contribution in [0.25, 0.3) is 0 Å². The van der Waals surface area contributed by atoms with Crippen LogP contribution in [-0.4, -0.2) is 6.54 Å². The van der Waals surface area contributed by atoms with E-state index in [4.69, 9.17) is 17.3 Å². The molecule has 1 atom stereocenters. The lowest BCUT2D eigenvalue weighted by molar-refractivity contribution is 0.324. The van der Waals surface area contributed by atoms with E-state index in [1.54, 1.807) is 0 Å². The molecule has 100 valence electrons. The SMILES string of the molecule is NCC(CCC1CCCCC1)c1ccccc1Cl. The Balaban J connectivity index is 1.91. The van der Waals surface area contributed by atoms with Crippen LogP contribution in [0.15, 0.2) is 24.3 Å². The molecule has 1 aromatic carbocycles. The van der Waals surface area contributed by atoms with E-state index >= 15 is 0 Å². The second-order valence-electron chi connectivity index (χ2n) is 5.54. The molecular formula is C16H24ClN. The molecule has 0 heterocycles. The van der Waals surface area contributed by atoms with Crippen LogP contribution in [0.1, 0.15) is 56.4 Å². The van der Waals surface area contributed by atoms with E-state index in [2.05, 4.69) is 12.1 Å². The first kappa shape index (κ1) is 13.9. The molecule has 0 radical (unpaired) electrons. The molecule has 1 saturated carbocycles. The average molecular weight is 266 g/mol. The highest BCUT2D eigenvalue weighted by Gasteiger charge is 2.17. The number of nitrogens with two attached hydrogens (primary N) is 1. The monoisotopic (exact) mass is 265 g/mol. The summed E-state index contributed by atoms with van der Waals surface area (Å²) in [6.45, 7) is 0.705. The molecule has 0 saturated heterocycles. The fourth-order valence-corrected chi connectivity index (χ4v) is 3.41. The van der Waals surface area contributed by atoms with E-state index in [1.807, 2.05) is 12.1 Å². The Morgan fingerprint density at radius 1 is 1.17 bits per heavy atom. The second-order valence-corrected chi connectivity index (χ2v) is 5.94. The molecule has 0 amide bonds. The van der Waals surface area contributed by atoms with Crippen molar-refractivity contribution in [3.8, 4) is 0 Å². The van der Waals surface area contributed by atoms with Crippen molar-refractivity contribution in [2.75, 3.05) is 6.54 Å². The number of benzene rings is 1. The fourth-order valence-electron chi connectivity index (χ4n) is 3.12. The zero-order chi connectivity index (χ0) is 12.8. The molecule has 2 rings (SSSR count). The standard InChI is InChI=1S/C16H24ClN/c17-16-9-5-4-8-15(16)14(12-18)11-10-13-6-2-1-3-7-13/h4-5,8-9,13-14H,1-3,6-7,10-12,18H2. The minimum absolute atomic E-state index is 0.431. The van der Waals surface area contributed by atoms with Crippen molar-refractivity contribution < 1.29 is 0 Å². The third kappa shape index (κ3) is 3.73. The van der Waals surface area contributed by atoms with Crippen molar-refractivity contribution in [2.45, 2.75) is 50.9 Å². The Kier molecular flexibility index (Phi) is 5.52. The predicted octanol–water partition coefficient (Wildman–Crippen LogP) is 4.74. The Morgan fingerprint density at radius 2 is 1.89 bits per heavy atom. The highest BCUT2D eigenvalue weighted by atomic mass is 35.5. The van der Waals surface area contributed by atoms with Gasteiger partial charge in [-0.1, -0.05) is 61.9 Å². The lowest BCUT2D eigenvalue weighted by Gasteiger charge is -2.24. The van der Waals surface area contributed by atoms with Crippen LogP contribution in [0.4, 0.5) is 0 Å². The third-order valence-corrected chi connectivity index (χ3v) is 4.62. The molecule has 1 unspecified atom stereocenters. The van der Waals surface area contributed by atoms with Crippen LogP contribution in [0.3, 0.4) is 0 Å². The molecule has 1 aromatic rings. The van der Waals surface area contributed by atoms with Crippen molar-refractivity contribution in [1.29, 1.82) is 0 Å². The predicted molar refractivity (Wildman–Crippen MR) is 79.1 cm³/mol. The van der Waals surface area contributed by atoms with Crippen LogP contribution < -0.4 is 5.73 Å². The first-order valence-electron chi connectivity index (χ1n) is 7.25. The molecule has 0 bridgehead atoms. The summed E-state index contributed by atoms with van der Waals surface area (Å²) < 4.78 is 0. The topological polar surface area (TPSA) is 26.0 Å². The molecule has 18 heavy (non-hydrogen) atoms. The van der Waals surface area contributed by atoms with Crippen molar-refractivity contribution in [3.05, 3.63) is 34.9 Å². The Hall–Kier alpha value is -0.530. The van der Waals surface area contributed by atoms with Gasteiger partial charge in [0.15, 0.2) is 0 Å². The van der Waals surface area contributed by atoms with E-state index in [0.717, 1.165) is 10.9 Å². The summed E-state index contributed by atoms with van der Waals surface area (Å²) in [5.74, 6) is 1.36.